The molecule has 1 heterocycles. The minimum Gasteiger partial charge on any atom is -0.404 e. The number of nitrogens with zero attached hydrogens (tertiary/aromatic N) is 2. The first-order valence-corrected chi connectivity index (χ1v) is 7.82. The average Bonchev–Trinajstić information content (AvgIpc) is 2.49. The summed E-state index contributed by atoms with van der Waals surface area (Å²) in [5.41, 5.74) is -0.311. The Kier molecular flexibility index (Phi) is 6.26. The van der Waals surface area contributed by atoms with Gasteiger partial charge in [0.25, 0.3) is 5.24 Å². The van der Waals surface area contributed by atoms with Crippen LogP contribution in [0, 0.1) is 0 Å². The highest BCUT2D eigenvalue weighted by atomic mass is 35.5. The Morgan fingerprint density at radius 3 is 2.44 bits per heavy atom. The normalized spacial score (nSPS) is 16.5. The second-order valence-electron chi connectivity index (χ2n) is 5.66. The summed E-state index contributed by atoms with van der Waals surface area (Å²) in [5, 5.41) is 1.50. The second-order valence-corrected chi connectivity index (χ2v) is 6.00. The molecule has 1 aromatic carbocycles. The van der Waals surface area contributed by atoms with E-state index in [0.717, 1.165) is 31.3 Å². The van der Waals surface area contributed by atoms with E-state index in [-0.39, 0.29) is 17.8 Å². The van der Waals surface area contributed by atoms with E-state index < -0.39 is 23.3 Å². The van der Waals surface area contributed by atoms with Crippen molar-refractivity contribution < 1.29 is 27.5 Å². The van der Waals surface area contributed by atoms with Gasteiger partial charge in [0.15, 0.2) is 5.75 Å². The third-order valence-electron chi connectivity index (χ3n) is 3.67. The molecule has 1 aromatic rings. The predicted molar refractivity (Wildman–Crippen MR) is 85.9 cm³/mol. The van der Waals surface area contributed by atoms with Crippen LogP contribution >= 0.6 is 11.6 Å². The molecule has 0 radical (unpaired) electrons. The zero-order valence-corrected chi connectivity index (χ0v) is 14.2. The SMILES string of the molecule is CN1CCN(CC(=O)Nc2cc(C(=O)Cl)ccc2OC(F)(F)F)CC1. The number of carbonyl (C=O) groups is 2. The van der Waals surface area contributed by atoms with Crippen LogP contribution in [0.1, 0.15) is 10.4 Å². The van der Waals surface area contributed by atoms with Gasteiger partial charge in [0.1, 0.15) is 0 Å². The van der Waals surface area contributed by atoms with Gasteiger partial charge in [0.2, 0.25) is 5.91 Å². The number of alkyl halides is 3. The van der Waals surface area contributed by atoms with Crippen LogP contribution in [0.5, 0.6) is 5.75 Å². The largest absolute Gasteiger partial charge is 0.573 e. The maximum atomic E-state index is 12.5. The fourth-order valence-corrected chi connectivity index (χ4v) is 2.48. The van der Waals surface area contributed by atoms with Crippen molar-refractivity contribution in [3.05, 3.63) is 23.8 Å². The van der Waals surface area contributed by atoms with E-state index in [4.69, 9.17) is 11.6 Å². The van der Waals surface area contributed by atoms with Crippen molar-refractivity contribution in [2.24, 2.45) is 0 Å². The smallest absolute Gasteiger partial charge is 0.404 e. The van der Waals surface area contributed by atoms with Crippen LogP contribution in [0.25, 0.3) is 0 Å². The van der Waals surface area contributed by atoms with Crippen LogP contribution in [0.15, 0.2) is 18.2 Å². The molecule has 10 heteroatoms. The van der Waals surface area contributed by atoms with Gasteiger partial charge in [0, 0.05) is 31.7 Å². The van der Waals surface area contributed by atoms with E-state index in [9.17, 15) is 22.8 Å². The molecule has 1 fully saturated rings. The van der Waals surface area contributed by atoms with E-state index >= 15 is 0 Å². The molecule has 1 saturated heterocycles. The highest BCUT2D eigenvalue weighted by molar-refractivity contribution is 6.67. The lowest BCUT2D eigenvalue weighted by Gasteiger charge is -2.31. The Hall–Kier alpha value is -1.84. The molecule has 6 nitrogen and oxygen atoms in total. The molecule has 1 N–H and O–H groups in total. The molecule has 0 saturated carbocycles. The van der Waals surface area contributed by atoms with Crippen molar-refractivity contribution in [3.63, 3.8) is 0 Å². The first-order valence-electron chi connectivity index (χ1n) is 7.44. The standard InChI is InChI=1S/C15H17ClF3N3O3/c1-21-4-6-22(7-5-21)9-13(23)20-11-8-10(14(16)24)2-3-12(11)25-15(17,18)19/h2-3,8H,4-7,9H2,1H3,(H,20,23). The number of carbonyl (C=O) groups excluding carboxylic acids is 2. The van der Waals surface area contributed by atoms with E-state index in [2.05, 4.69) is 15.0 Å². The number of hydrogen-bond donors (Lipinski definition) is 1. The van der Waals surface area contributed by atoms with Crippen LogP contribution in [0.3, 0.4) is 0 Å². The minimum absolute atomic E-state index is 0.0261. The number of rotatable bonds is 5. The van der Waals surface area contributed by atoms with Crippen LogP contribution < -0.4 is 10.1 Å². The van der Waals surface area contributed by atoms with Gasteiger partial charge in [-0.05, 0) is 36.8 Å². The lowest BCUT2D eigenvalue weighted by atomic mass is 10.2. The lowest BCUT2D eigenvalue weighted by Crippen LogP contribution is -2.47. The third kappa shape index (κ3) is 6.18. The molecule has 0 unspecified atom stereocenters. The maximum absolute atomic E-state index is 12.5. The van der Waals surface area contributed by atoms with E-state index in [1.54, 1.807) is 0 Å². The summed E-state index contributed by atoms with van der Waals surface area (Å²) in [6, 6.07) is 3.08. The molecule has 25 heavy (non-hydrogen) atoms. The number of ether oxygens (including phenoxy) is 1. The molecule has 1 aliphatic rings. The Morgan fingerprint density at radius 2 is 1.88 bits per heavy atom. The van der Waals surface area contributed by atoms with Gasteiger partial charge in [-0.25, -0.2) is 0 Å². The first kappa shape index (κ1) is 19.5. The van der Waals surface area contributed by atoms with Gasteiger partial charge in [-0.15, -0.1) is 13.2 Å². The van der Waals surface area contributed by atoms with Crippen molar-refractivity contribution in [1.82, 2.24) is 9.80 Å². The van der Waals surface area contributed by atoms with Crippen LogP contribution in [0.4, 0.5) is 18.9 Å². The maximum Gasteiger partial charge on any atom is 0.573 e. The van der Waals surface area contributed by atoms with Crippen molar-refractivity contribution in [3.8, 4) is 5.75 Å². The molecule has 0 atom stereocenters. The Labute approximate surface area is 147 Å². The van der Waals surface area contributed by atoms with Crippen LogP contribution in [-0.4, -0.2) is 67.1 Å². The number of likely N-dealkylation sites (N-methyl/N-ethyl adjacent to an activating group) is 1. The minimum atomic E-state index is -4.93. The van der Waals surface area contributed by atoms with Crippen molar-refractivity contribution in [2.75, 3.05) is 45.1 Å². The summed E-state index contributed by atoms with van der Waals surface area (Å²) in [6.07, 6.45) is -4.93. The van der Waals surface area contributed by atoms with Gasteiger partial charge in [-0.3, -0.25) is 14.5 Å². The number of anilines is 1. The molecule has 0 aromatic heterocycles. The lowest BCUT2D eigenvalue weighted by molar-refractivity contribution is -0.274. The topological polar surface area (TPSA) is 61.9 Å². The van der Waals surface area contributed by atoms with Gasteiger partial charge in [-0.1, -0.05) is 0 Å². The van der Waals surface area contributed by atoms with E-state index in [1.165, 1.54) is 0 Å². The first-order chi connectivity index (χ1) is 11.6. The third-order valence-corrected chi connectivity index (χ3v) is 3.89. The number of amides is 1. The number of halogens is 4. The van der Waals surface area contributed by atoms with Crippen molar-refractivity contribution in [1.29, 1.82) is 0 Å². The quantitative estimate of drug-likeness (QED) is 0.794. The number of nitrogens with one attached hydrogen (secondary N) is 1. The summed E-state index contributed by atoms with van der Waals surface area (Å²) in [6.45, 7) is 2.97. The van der Waals surface area contributed by atoms with Gasteiger partial charge in [-0.2, -0.15) is 0 Å². The second kappa shape index (κ2) is 8.03. The van der Waals surface area contributed by atoms with Gasteiger partial charge < -0.3 is 15.0 Å². The average molecular weight is 380 g/mol. The van der Waals surface area contributed by atoms with Crippen LogP contribution in [-0.2, 0) is 4.79 Å². The molecule has 0 bridgehead atoms. The van der Waals surface area contributed by atoms with Gasteiger partial charge in [0.05, 0.1) is 12.2 Å². The summed E-state index contributed by atoms with van der Waals surface area (Å²) >= 11 is 5.34. The van der Waals surface area contributed by atoms with E-state index in [0.29, 0.717) is 13.1 Å². The van der Waals surface area contributed by atoms with Crippen molar-refractivity contribution >= 4 is 28.4 Å². The summed E-state index contributed by atoms with van der Waals surface area (Å²) in [4.78, 5) is 27.3. The highest BCUT2D eigenvalue weighted by Crippen LogP contribution is 2.31. The highest BCUT2D eigenvalue weighted by Gasteiger charge is 2.32. The van der Waals surface area contributed by atoms with Gasteiger partial charge >= 0.3 is 6.36 Å². The fourth-order valence-electron chi connectivity index (χ4n) is 2.36. The van der Waals surface area contributed by atoms with Crippen molar-refractivity contribution in [2.45, 2.75) is 6.36 Å². The summed E-state index contributed by atoms with van der Waals surface area (Å²) in [5.74, 6) is -1.11. The molecule has 2 rings (SSSR count). The number of piperazine rings is 1. The molecule has 1 aliphatic heterocycles. The Balaban J connectivity index is 2.10. The number of benzene rings is 1. The predicted octanol–water partition coefficient (Wildman–Crippen LogP) is 2.15. The zero-order valence-electron chi connectivity index (χ0n) is 13.4. The molecular formula is C15H17ClF3N3O3. The zero-order chi connectivity index (χ0) is 18.6. The monoisotopic (exact) mass is 379 g/mol. The fraction of sp³-hybridized carbons (Fsp3) is 0.467. The Bertz CT molecular complexity index is 647. The van der Waals surface area contributed by atoms with Crippen LogP contribution in [0.2, 0.25) is 0 Å². The summed E-state index contributed by atoms with van der Waals surface area (Å²) < 4.78 is 41.3. The number of hydrogen-bond acceptors (Lipinski definition) is 5. The molecule has 0 spiro atoms. The molecule has 0 aliphatic carbocycles. The molecular weight excluding hydrogens is 363 g/mol. The summed E-state index contributed by atoms with van der Waals surface area (Å²) in [7, 11) is 1.97. The van der Waals surface area contributed by atoms with E-state index in [1.807, 2.05) is 11.9 Å². The molecule has 1 amide bonds. The Morgan fingerprint density at radius 1 is 1.24 bits per heavy atom. The molecule has 138 valence electrons.